The Bertz CT molecular complexity index is 1220. The van der Waals surface area contributed by atoms with Crippen LogP contribution in [-0.2, 0) is 10.3 Å². The molecule has 0 aliphatic carbocycles. The molecule has 0 saturated carbocycles. The van der Waals surface area contributed by atoms with Gasteiger partial charge in [-0.05, 0) is 31.2 Å². The monoisotopic (exact) mass is 428 g/mol. The Labute approximate surface area is 176 Å². The minimum Gasteiger partial charge on any atom is -0.502 e. The lowest BCUT2D eigenvalue weighted by Crippen LogP contribution is -2.49. The number of nitrogens with one attached hydrogen (secondary N) is 1. The average Bonchev–Trinajstić information content (AvgIpc) is 3.33. The maximum absolute atomic E-state index is 15.0. The number of phenols is 2. The summed E-state index contributed by atoms with van der Waals surface area (Å²) in [5.74, 6) is -2.39. The second-order valence-electron chi connectivity index (χ2n) is 7.95. The molecule has 5 rings (SSSR count). The van der Waals surface area contributed by atoms with Gasteiger partial charge in [-0.3, -0.25) is 4.90 Å². The number of imidazole rings is 1. The molecule has 3 aromatic rings. The summed E-state index contributed by atoms with van der Waals surface area (Å²) in [5, 5.41) is 22.8. The van der Waals surface area contributed by atoms with E-state index in [1.807, 2.05) is 23.6 Å². The van der Waals surface area contributed by atoms with Gasteiger partial charge in [0, 0.05) is 18.8 Å². The molecule has 2 saturated heterocycles. The Balaban J connectivity index is 1.75. The lowest BCUT2D eigenvalue weighted by atomic mass is 9.98. The Kier molecular flexibility index (Phi) is 4.23. The van der Waals surface area contributed by atoms with Gasteiger partial charge in [0.25, 0.3) is 0 Å². The van der Waals surface area contributed by atoms with E-state index < -0.39 is 22.9 Å². The first-order valence-corrected chi connectivity index (χ1v) is 9.79. The second kappa shape index (κ2) is 6.74. The predicted molar refractivity (Wildman–Crippen MR) is 110 cm³/mol. The van der Waals surface area contributed by atoms with E-state index >= 15 is 4.39 Å². The summed E-state index contributed by atoms with van der Waals surface area (Å²) in [7, 11) is 1.31. The van der Waals surface area contributed by atoms with Crippen LogP contribution < -0.4 is 15.0 Å². The van der Waals surface area contributed by atoms with Gasteiger partial charge in [0.15, 0.2) is 17.3 Å². The topological polar surface area (TPSA) is 109 Å². The number of aromatic hydroxyl groups is 2. The number of methoxy groups -OCH3 is 1. The highest BCUT2D eigenvalue weighted by Crippen LogP contribution is 2.45. The van der Waals surface area contributed by atoms with Crippen molar-refractivity contribution in [2.24, 2.45) is 0 Å². The minimum absolute atomic E-state index is 0.0167. The number of benzene rings is 2. The summed E-state index contributed by atoms with van der Waals surface area (Å²) < 4.78 is 27.4. The summed E-state index contributed by atoms with van der Waals surface area (Å²) in [6.07, 6.45) is 0. The van der Waals surface area contributed by atoms with Crippen LogP contribution in [0.5, 0.6) is 17.2 Å². The third-order valence-corrected chi connectivity index (χ3v) is 5.81. The molecule has 1 aromatic heterocycles. The number of ether oxygens (including phenoxy) is 2. The van der Waals surface area contributed by atoms with Gasteiger partial charge in [0.05, 0.1) is 42.5 Å². The Hall–Kier alpha value is -3.53. The molecule has 2 aliphatic rings. The third kappa shape index (κ3) is 2.78. The van der Waals surface area contributed by atoms with Crippen molar-refractivity contribution in [1.82, 2.24) is 14.9 Å². The molecule has 0 bridgehead atoms. The SMILES string of the molecule is COc1cc(-c2nc3cc(N4CCNC4=O)ccc3n2C2(C)COC2)c(F)c(O)c1O. The lowest BCUT2D eigenvalue weighted by Gasteiger charge is -2.40. The molecule has 9 nitrogen and oxygen atoms in total. The number of hydrogen-bond donors (Lipinski definition) is 3. The number of aromatic nitrogens is 2. The van der Waals surface area contributed by atoms with Crippen molar-refractivity contribution in [2.45, 2.75) is 12.5 Å². The van der Waals surface area contributed by atoms with Crippen LogP contribution in [0.1, 0.15) is 6.92 Å². The van der Waals surface area contributed by atoms with E-state index in [-0.39, 0.29) is 23.2 Å². The minimum atomic E-state index is -1.00. The normalized spacial score (nSPS) is 17.6. The smallest absolute Gasteiger partial charge is 0.321 e. The first-order valence-electron chi connectivity index (χ1n) is 9.79. The van der Waals surface area contributed by atoms with E-state index in [1.165, 1.54) is 13.2 Å². The van der Waals surface area contributed by atoms with Gasteiger partial charge in [-0.25, -0.2) is 14.2 Å². The fraction of sp³-hybridized carbons (Fsp3) is 0.333. The first kappa shape index (κ1) is 19.4. The molecule has 162 valence electrons. The number of amides is 2. The van der Waals surface area contributed by atoms with Gasteiger partial charge in [0.1, 0.15) is 5.82 Å². The zero-order valence-electron chi connectivity index (χ0n) is 17.0. The Morgan fingerprint density at radius 3 is 2.65 bits per heavy atom. The molecule has 0 atom stereocenters. The Morgan fingerprint density at radius 1 is 1.26 bits per heavy atom. The molecule has 0 radical (unpaired) electrons. The van der Waals surface area contributed by atoms with Crippen LogP contribution in [0.2, 0.25) is 0 Å². The molecule has 2 aromatic carbocycles. The van der Waals surface area contributed by atoms with Crippen molar-refractivity contribution in [3.63, 3.8) is 0 Å². The van der Waals surface area contributed by atoms with E-state index in [9.17, 15) is 15.0 Å². The molecule has 2 aliphatic heterocycles. The average molecular weight is 428 g/mol. The Morgan fingerprint density at radius 2 is 2.03 bits per heavy atom. The molecule has 10 heteroatoms. The second-order valence-corrected chi connectivity index (χ2v) is 7.95. The largest absolute Gasteiger partial charge is 0.502 e. The number of urea groups is 1. The number of rotatable bonds is 4. The van der Waals surface area contributed by atoms with Crippen LogP contribution >= 0.6 is 0 Å². The fourth-order valence-corrected chi connectivity index (χ4v) is 4.14. The van der Waals surface area contributed by atoms with Crippen molar-refractivity contribution < 1.29 is 28.9 Å². The predicted octanol–water partition coefficient (Wildman–Crippen LogP) is 2.54. The standard InChI is InChI=1S/C21H21FN4O5/c1-21(9-31-10-21)26-14-4-3-11(25-6-5-23-20(25)29)7-13(14)24-19(26)12-8-15(30-2)17(27)18(28)16(12)22/h3-4,7-8,27-28H,5-6,9-10H2,1-2H3,(H,23,29). The number of carbonyl (C=O) groups is 1. The molecule has 0 unspecified atom stereocenters. The maximum Gasteiger partial charge on any atom is 0.321 e. The van der Waals surface area contributed by atoms with E-state index in [1.54, 1.807) is 11.0 Å². The number of carbonyl (C=O) groups excluding carboxylic acids is 1. The molecular weight excluding hydrogens is 407 g/mol. The van der Waals surface area contributed by atoms with Crippen LogP contribution in [0.15, 0.2) is 24.3 Å². The van der Waals surface area contributed by atoms with Gasteiger partial charge in [0.2, 0.25) is 5.75 Å². The maximum atomic E-state index is 15.0. The summed E-state index contributed by atoms with van der Waals surface area (Å²) in [6.45, 7) is 3.89. The highest BCUT2D eigenvalue weighted by molar-refractivity contribution is 5.96. The van der Waals surface area contributed by atoms with Crippen LogP contribution in [0.25, 0.3) is 22.4 Å². The van der Waals surface area contributed by atoms with Crippen LogP contribution in [0.3, 0.4) is 0 Å². The number of halogens is 1. The lowest BCUT2D eigenvalue weighted by molar-refractivity contribution is -0.0868. The van der Waals surface area contributed by atoms with E-state index in [4.69, 9.17) is 9.47 Å². The van der Waals surface area contributed by atoms with Gasteiger partial charge in [-0.1, -0.05) is 0 Å². The quantitative estimate of drug-likeness (QED) is 0.551. The van der Waals surface area contributed by atoms with Crippen molar-refractivity contribution >= 4 is 22.8 Å². The van der Waals surface area contributed by atoms with Crippen LogP contribution in [0, 0.1) is 5.82 Å². The number of phenolic OH excluding ortho intramolecular Hbond substituents is 2. The van der Waals surface area contributed by atoms with E-state index in [0.717, 1.165) is 5.52 Å². The summed E-state index contributed by atoms with van der Waals surface area (Å²) in [4.78, 5) is 18.3. The van der Waals surface area contributed by atoms with Crippen LogP contribution in [0.4, 0.5) is 14.9 Å². The van der Waals surface area contributed by atoms with Gasteiger partial charge in [-0.15, -0.1) is 0 Å². The molecule has 0 spiro atoms. The third-order valence-electron chi connectivity index (χ3n) is 5.81. The summed E-state index contributed by atoms with van der Waals surface area (Å²) in [6, 6.07) is 6.56. The molecule has 3 heterocycles. The van der Waals surface area contributed by atoms with Gasteiger partial charge < -0.3 is 29.6 Å². The molecular formula is C21H21FN4O5. The number of fused-ring (bicyclic) bond motifs is 1. The van der Waals surface area contributed by atoms with Crippen LogP contribution in [-0.4, -0.2) is 59.2 Å². The van der Waals surface area contributed by atoms with Crippen molar-refractivity contribution in [2.75, 3.05) is 38.3 Å². The number of hydrogen-bond acceptors (Lipinski definition) is 6. The molecule has 2 fully saturated rings. The van der Waals surface area contributed by atoms with Gasteiger partial charge >= 0.3 is 6.03 Å². The van der Waals surface area contributed by atoms with Crippen molar-refractivity contribution in [3.05, 3.63) is 30.1 Å². The van der Waals surface area contributed by atoms with Crippen molar-refractivity contribution in [1.29, 1.82) is 0 Å². The highest BCUT2D eigenvalue weighted by Gasteiger charge is 2.39. The molecule has 3 N–H and O–H groups in total. The summed E-state index contributed by atoms with van der Waals surface area (Å²) >= 11 is 0. The first-order chi connectivity index (χ1) is 14.8. The van der Waals surface area contributed by atoms with Gasteiger partial charge in [-0.2, -0.15) is 0 Å². The number of nitrogens with zero attached hydrogens (tertiary/aromatic N) is 3. The van der Waals surface area contributed by atoms with E-state index in [2.05, 4.69) is 10.3 Å². The zero-order chi connectivity index (χ0) is 21.9. The number of anilines is 1. The van der Waals surface area contributed by atoms with E-state index in [0.29, 0.717) is 37.5 Å². The molecule has 2 amide bonds. The zero-order valence-corrected chi connectivity index (χ0v) is 17.0. The highest BCUT2D eigenvalue weighted by atomic mass is 19.1. The molecule has 31 heavy (non-hydrogen) atoms. The fourth-order valence-electron chi connectivity index (χ4n) is 4.14. The summed E-state index contributed by atoms with van der Waals surface area (Å²) in [5.41, 5.74) is 1.47. The van der Waals surface area contributed by atoms with Crippen molar-refractivity contribution in [3.8, 4) is 28.6 Å².